The largest absolute Gasteiger partial charge is 0.477 e. The van der Waals surface area contributed by atoms with Gasteiger partial charge < -0.3 is 9.15 Å². The zero-order valence-corrected chi connectivity index (χ0v) is 16.4. The van der Waals surface area contributed by atoms with Gasteiger partial charge in [-0.05, 0) is 48.5 Å². The highest BCUT2D eigenvalue weighted by atomic mass is 32.2. The highest BCUT2D eigenvalue weighted by molar-refractivity contribution is 8.18. The molecule has 3 heterocycles. The SMILES string of the molecule is Cc1oc(-c2ccccc2)nc1CCOc1ccc(C=C2SC(=O)NC2=O)cn1. The molecule has 0 unspecified atom stereocenters. The van der Waals surface area contributed by atoms with Gasteiger partial charge in [0.05, 0.1) is 17.2 Å². The predicted molar refractivity (Wildman–Crippen MR) is 109 cm³/mol. The first kappa shape index (κ1) is 18.9. The Bertz CT molecular complexity index is 1080. The van der Waals surface area contributed by atoms with Crippen molar-refractivity contribution >= 4 is 29.0 Å². The highest BCUT2D eigenvalue weighted by Crippen LogP contribution is 2.26. The molecule has 0 atom stereocenters. The molecule has 4 rings (SSSR count). The number of amides is 2. The summed E-state index contributed by atoms with van der Waals surface area (Å²) in [6, 6.07) is 13.2. The molecule has 0 aliphatic carbocycles. The van der Waals surface area contributed by atoms with Crippen LogP contribution in [-0.4, -0.2) is 27.7 Å². The second kappa shape index (κ2) is 8.32. The first-order chi connectivity index (χ1) is 14.1. The summed E-state index contributed by atoms with van der Waals surface area (Å²) in [5, 5.41) is 1.85. The van der Waals surface area contributed by atoms with Crippen LogP contribution in [0, 0.1) is 6.92 Å². The van der Waals surface area contributed by atoms with E-state index in [1.54, 1.807) is 24.4 Å². The molecule has 1 N–H and O–H groups in total. The fourth-order valence-corrected chi connectivity index (χ4v) is 3.43. The van der Waals surface area contributed by atoms with Crippen LogP contribution in [0.2, 0.25) is 0 Å². The molecular weight excluding hydrogens is 390 g/mol. The summed E-state index contributed by atoms with van der Waals surface area (Å²) in [5.74, 6) is 1.44. The van der Waals surface area contributed by atoms with Crippen molar-refractivity contribution in [1.29, 1.82) is 0 Å². The molecule has 7 nitrogen and oxygen atoms in total. The summed E-state index contributed by atoms with van der Waals surface area (Å²) in [6.07, 6.45) is 3.80. The molecule has 0 spiro atoms. The summed E-state index contributed by atoms with van der Waals surface area (Å²) in [6.45, 7) is 2.29. The quantitative estimate of drug-likeness (QED) is 0.617. The first-order valence-corrected chi connectivity index (χ1v) is 9.75. The number of hydrogen-bond acceptors (Lipinski definition) is 7. The average molecular weight is 407 g/mol. The topological polar surface area (TPSA) is 94.3 Å². The molecule has 1 aliphatic rings. The van der Waals surface area contributed by atoms with Crippen LogP contribution in [0.4, 0.5) is 4.79 Å². The van der Waals surface area contributed by atoms with Crippen LogP contribution in [0.15, 0.2) is 58.0 Å². The lowest BCUT2D eigenvalue weighted by Crippen LogP contribution is -2.17. The van der Waals surface area contributed by atoms with Crippen molar-refractivity contribution in [2.75, 3.05) is 6.61 Å². The van der Waals surface area contributed by atoms with Crippen molar-refractivity contribution in [1.82, 2.24) is 15.3 Å². The lowest BCUT2D eigenvalue weighted by Gasteiger charge is -2.04. The van der Waals surface area contributed by atoms with Crippen LogP contribution < -0.4 is 10.1 Å². The van der Waals surface area contributed by atoms with Gasteiger partial charge in [0.1, 0.15) is 5.76 Å². The molecular formula is C21H17N3O4S. The van der Waals surface area contributed by atoms with E-state index in [4.69, 9.17) is 9.15 Å². The molecule has 146 valence electrons. The third-order valence-electron chi connectivity index (χ3n) is 4.20. The fraction of sp³-hybridized carbons (Fsp3) is 0.143. The summed E-state index contributed by atoms with van der Waals surface area (Å²) >= 11 is 0.873. The number of rotatable bonds is 6. The van der Waals surface area contributed by atoms with Crippen LogP contribution in [-0.2, 0) is 11.2 Å². The average Bonchev–Trinajstić information content (AvgIpc) is 3.25. The smallest absolute Gasteiger partial charge is 0.290 e. The van der Waals surface area contributed by atoms with E-state index >= 15 is 0 Å². The van der Waals surface area contributed by atoms with Gasteiger partial charge in [-0.25, -0.2) is 9.97 Å². The summed E-state index contributed by atoms with van der Waals surface area (Å²) in [5.41, 5.74) is 2.49. The minimum atomic E-state index is -0.391. The molecule has 0 saturated carbocycles. The van der Waals surface area contributed by atoms with E-state index < -0.39 is 5.91 Å². The molecule has 3 aromatic rings. The molecule has 1 aromatic carbocycles. The van der Waals surface area contributed by atoms with Gasteiger partial charge in [0, 0.05) is 24.2 Å². The Labute approximate surface area is 171 Å². The number of carbonyl (C=O) groups is 2. The third kappa shape index (κ3) is 4.55. The summed E-state index contributed by atoms with van der Waals surface area (Å²) in [4.78, 5) is 31.9. The van der Waals surface area contributed by atoms with E-state index in [2.05, 4.69) is 15.3 Å². The number of nitrogens with one attached hydrogen (secondary N) is 1. The standard InChI is InChI=1S/C21H17N3O4S/c1-13-16(23-20(28-13)15-5-3-2-4-6-15)9-10-27-18-8-7-14(12-22-18)11-17-19(25)24-21(26)29-17/h2-8,11-12H,9-10H2,1H3,(H,24,25,26). The zero-order chi connectivity index (χ0) is 20.2. The molecule has 2 amide bonds. The maximum Gasteiger partial charge on any atom is 0.290 e. The zero-order valence-electron chi connectivity index (χ0n) is 15.5. The van der Waals surface area contributed by atoms with Gasteiger partial charge >= 0.3 is 0 Å². The second-order valence-electron chi connectivity index (χ2n) is 6.27. The van der Waals surface area contributed by atoms with Gasteiger partial charge in [-0.3, -0.25) is 14.9 Å². The Balaban J connectivity index is 1.34. The van der Waals surface area contributed by atoms with Crippen molar-refractivity contribution in [3.63, 3.8) is 0 Å². The van der Waals surface area contributed by atoms with Crippen molar-refractivity contribution in [3.05, 3.63) is 70.6 Å². The summed E-state index contributed by atoms with van der Waals surface area (Å²) in [7, 11) is 0. The Hall–Kier alpha value is -3.39. The van der Waals surface area contributed by atoms with Crippen LogP contribution in [0.5, 0.6) is 5.88 Å². The maximum atomic E-state index is 11.6. The maximum absolute atomic E-state index is 11.6. The lowest BCUT2D eigenvalue weighted by molar-refractivity contribution is -0.115. The van der Waals surface area contributed by atoms with Crippen LogP contribution >= 0.6 is 11.8 Å². The molecule has 1 saturated heterocycles. The number of aromatic nitrogens is 2. The van der Waals surface area contributed by atoms with Gasteiger partial charge in [0.15, 0.2) is 0 Å². The molecule has 1 aliphatic heterocycles. The molecule has 0 radical (unpaired) electrons. The van der Waals surface area contributed by atoms with E-state index in [0.717, 1.165) is 28.8 Å². The van der Waals surface area contributed by atoms with Crippen molar-refractivity contribution in [2.24, 2.45) is 0 Å². The number of oxazole rings is 1. The lowest BCUT2D eigenvalue weighted by atomic mass is 10.2. The number of pyridine rings is 1. The van der Waals surface area contributed by atoms with Gasteiger partial charge in [0.25, 0.3) is 11.1 Å². The van der Waals surface area contributed by atoms with Gasteiger partial charge in [0.2, 0.25) is 11.8 Å². The molecule has 0 bridgehead atoms. The van der Waals surface area contributed by atoms with Crippen LogP contribution in [0.1, 0.15) is 17.0 Å². The van der Waals surface area contributed by atoms with Crippen molar-refractivity contribution in [2.45, 2.75) is 13.3 Å². The van der Waals surface area contributed by atoms with E-state index in [1.165, 1.54) is 0 Å². The van der Waals surface area contributed by atoms with Gasteiger partial charge in [-0.2, -0.15) is 0 Å². The van der Waals surface area contributed by atoms with Crippen LogP contribution in [0.25, 0.3) is 17.5 Å². The Morgan fingerprint density at radius 1 is 1.17 bits per heavy atom. The molecule has 1 fully saturated rings. The number of ether oxygens (including phenoxy) is 1. The van der Waals surface area contributed by atoms with E-state index in [9.17, 15) is 9.59 Å². The van der Waals surface area contributed by atoms with Crippen LogP contribution in [0.3, 0.4) is 0 Å². The van der Waals surface area contributed by atoms with Crippen molar-refractivity contribution in [3.8, 4) is 17.3 Å². The number of benzene rings is 1. The monoisotopic (exact) mass is 407 g/mol. The number of thioether (sulfide) groups is 1. The number of carbonyl (C=O) groups excluding carboxylic acids is 2. The highest BCUT2D eigenvalue weighted by Gasteiger charge is 2.24. The Kier molecular flexibility index (Phi) is 5.44. The fourth-order valence-electron chi connectivity index (χ4n) is 2.75. The molecule has 8 heteroatoms. The second-order valence-corrected chi connectivity index (χ2v) is 7.28. The number of nitrogens with zero attached hydrogens (tertiary/aromatic N) is 2. The first-order valence-electron chi connectivity index (χ1n) is 8.94. The number of aryl methyl sites for hydroxylation is 1. The molecule has 29 heavy (non-hydrogen) atoms. The number of hydrogen-bond donors (Lipinski definition) is 1. The van der Waals surface area contributed by atoms with Crippen molar-refractivity contribution < 1.29 is 18.7 Å². The number of imide groups is 1. The Morgan fingerprint density at radius 2 is 2.00 bits per heavy atom. The van der Waals surface area contributed by atoms with Gasteiger partial charge in [-0.15, -0.1) is 0 Å². The van der Waals surface area contributed by atoms with E-state index in [0.29, 0.717) is 35.3 Å². The minimum absolute atomic E-state index is 0.348. The Morgan fingerprint density at radius 3 is 2.69 bits per heavy atom. The normalized spacial score (nSPS) is 15.0. The predicted octanol–water partition coefficient (Wildman–Crippen LogP) is 3.99. The van der Waals surface area contributed by atoms with Gasteiger partial charge in [-0.1, -0.05) is 18.2 Å². The van der Waals surface area contributed by atoms with E-state index in [1.807, 2.05) is 37.3 Å². The molecule has 2 aromatic heterocycles. The van der Waals surface area contributed by atoms with E-state index in [-0.39, 0.29) is 5.24 Å². The summed E-state index contributed by atoms with van der Waals surface area (Å²) < 4.78 is 11.4. The third-order valence-corrected chi connectivity index (χ3v) is 5.01. The minimum Gasteiger partial charge on any atom is -0.477 e.